The van der Waals surface area contributed by atoms with Gasteiger partial charge >= 0.3 is 149 Å². The average molecular weight is 445 g/mol. The fraction of sp³-hybridized carbons (Fsp3) is 0.619. The summed E-state index contributed by atoms with van der Waals surface area (Å²) in [4.78, 5) is 0. The summed E-state index contributed by atoms with van der Waals surface area (Å²) >= 11 is -0.669. The summed E-state index contributed by atoms with van der Waals surface area (Å²) in [6.45, 7) is 14.4. The number of halogens is 2. The van der Waals surface area contributed by atoms with E-state index in [0.717, 1.165) is 5.92 Å². The van der Waals surface area contributed by atoms with Crippen LogP contribution in [0.4, 0.5) is 0 Å². The molecule has 3 aliphatic carbocycles. The molecule has 0 bridgehead atoms. The van der Waals surface area contributed by atoms with Crippen molar-refractivity contribution in [3.8, 4) is 0 Å². The maximum Gasteiger partial charge on any atom is -1.00 e. The smallest absolute Gasteiger partial charge is 1.00 e. The SMILES string of the molecule is CC1=[C]([Zr+2][C]2=C(C)C(C)=C(C)C2(C)C)C(C2CCCC2)=CC1.[Cl-].[Cl-]. The van der Waals surface area contributed by atoms with E-state index in [2.05, 4.69) is 47.6 Å². The summed E-state index contributed by atoms with van der Waals surface area (Å²) < 4.78 is 3.70. The van der Waals surface area contributed by atoms with Gasteiger partial charge < -0.3 is 24.8 Å². The van der Waals surface area contributed by atoms with Crippen LogP contribution in [-0.4, -0.2) is 0 Å². The van der Waals surface area contributed by atoms with E-state index < -0.39 is 23.2 Å². The molecule has 1 fully saturated rings. The Hall–Kier alpha value is 0.423. The number of allylic oxidation sites excluding steroid dienone is 8. The Kier molecular flexibility index (Phi) is 7.87. The van der Waals surface area contributed by atoms with Gasteiger partial charge in [-0.25, -0.2) is 0 Å². The minimum Gasteiger partial charge on any atom is -1.00 e. The zero-order valence-corrected chi connectivity index (χ0v) is 19.9. The van der Waals surface area contributed by atoms with Crippen LogP contribution in [0.3, 0.4) is 0 Å². The third-order valence-corrected chi connectivity index (χ3v) is 11.9. The molecule has 3 aliphatic rings. The number of rotatable bonds is 3. The van der Waals surface area contributed by atoms with Gasteiger partial charge in [0.25, 0.3) is 0 Å². The van der Waals surface area contributed by atoms with E-state index in [1.165, 1.54) is 32.1 Å². The maximum atomic E-state index is 2.59. The Morgan fingerprint density at radius 1 is 0.958 bits per heavy atom. The standard InChI is InChI=1S/C11H15.C10H15.2ClH.Zr/c1-9-6-7-11(8-9)10-4-2-3-5-10;1-7-6-10(4,5)9(3)8(7)2;;;/h7,10H,2-6H2,1H3;1-5H3;2*1H;/q;;;;+2/p-2. The summed E-state index contributed by atoms with van der Waals surface area (Å²) in [6, 6.07) is 0. The first-order chi connectivity index (χ1) is 10.3. The molecule has 1 saturated carbocycles. The van der Waals surface area contributed by atoms with Gasteiger partial charge in [-0.05, 0) is 0 Å². The first kappa shape index (κ1) is 22.5. The van der Waals surface area contributed by atoms with Crippen molar-refractivity contribution in [2.45, 2.75) is 73.6 Å². The van der Waals surface area contributed by atoms with E-state index >= 15 is 0 Å². The fourth-order valence-electron chi connectivity index (χ4n) is 4.47. The summed E-state index contributed by atoms with van der Waals surface area (Å²) in [5.41, 5.74) is 8.63. The van der Waals surface area contributed by atoms with Gasteiger partial charge in [0, 0.05) is 0 Å². The average Bonchev–Trinajstić information content (AvgIpc) is 3.14. The van der Waals surface area contributed by atoms with Gasteiger partial charge in [0.05, 0.1) is 0 Å². The second kappa shape index (κ2) is 8.41. The molecule has 0 aromatic carbocycles. The van der Waals surface area contributed by atoms with E-state index in [0.29, 0.717) is 5.41 Å². The second-order valence-corrected chi connectivity index (χ2v) is 11.1. The van der Waals surface area contributed by atoms with Crippen molar-refractivity contribution in [2.75, 3.05) is 0 Å². The fourth-order valence-corrected chi connectivity index (χ4v) is 9.12. The topological polar surface area (TPSA) is 0 Å². The molecule has 0 aromatic heterocycles. The van der Waals surface area contributed by atoms with Crippen molar-refractivity contribution >= 4 is 0 Å². The van der Waals surface area contributed by atoms with E-state index in [9.17, 15) is 0 Å². The molecule has 0 heterocycles. The predicted molar refractivity (Wildman–Crippen MR) is 92.2 cm³/mol. The Balaban J connectivity index is 0.00000144. The van der Waals surface area contributed by atoms with Crippen LogP contribution in [0.1, 0.15) is 73.6 Å². The van der Waals surface area contributed by atoms with Crippen LogP contribution in [0.2, 0.25) is 0 Å². The summed E-state index contributed by atoms with van der Waals surface area (Å²) in [7, 11) is 0. The molecule has 0 saturated heterocycles. The van der Waals surface area contributed by atoms with Crippen LogP contribution < -0.4 is 24.8 Å². The third kappa shape index (κ3) is 3.74. The minimum absolute atomic E-state index is 0. The van der Waals surface area contributed by atoms with Gasteiger partial charge in [0.1, 0.15) is 0 Å². The van der Waals surface area contributed by atoms with Crippen molar-refractivity contribution in [3.05, 3.63) is 40.5 Å². The van der Waals surface area contributed by atoms with E-state index in [4.69, 9.17) is 0 Å². The molecule has 0 atom stereocenters. The van der Waals surface area contributed by atoms with Crippen molar-refractivity contribution in [1.82, 2.24) is 0 Å². The van der Waals surface area contributed by atoms with E-state index in [1.807, 2.05) is 6.56 Å². The molecule has 0 aliphatic heterocycles. The Bertz CT molecular complexity index is 626. The minimum atomic E-state index is -0.669. The molecule has 3 rings (SSSR count). The molecular formula is C21H30Cl2Zr. The monoisotopic (exact) mass is 442 g/mol. The zero-order chi connectivity index (χ0) is 16.1. The van der Waals surface area contributed by atoms with Crippen molar-refractivity contribution in [2.24, 2.45) is 11.3 Å². The van der Waals surface area contributed by atoms with Gasteiger partial charge in [0.15, 0.2) is 0 Å². The van der Waals surface area contributed by atoms with Crippen molar-refractivity contribution < 1.29 is 48.0 Å². The molecule has 0 unspecified atom stereocenters. The second-order valence-electron chi connectivity index (χ2n) is 8.00. The summed E-state index contributed by atoms with van der Waals surface area (Å²) in [5, 5.41) is 0. The molecule has 24 heavy (non-hydrogen) atoms. The van der Waals surface area contributed by atoms with Crippen molar-refractivity contribution in [1.29, 1.82) is 0 Å². The maximum absolute atomic E-state index is 2.59. The molecule has 0 amide bonds. The van der Waals surface area contributed by atoms with Crippen LogP contribution in [0, 0.1) is 11.3 Å². The largest absolute Gasteiger partial charge is 1.00 e. The van der Waals surface area contributed by atoms with E-state index in [-0.39, 0.29) is 24.8 Å². The van der Waals surface area contributed by atoms with Gasteiger partial charge in [-0.1, -0.05) is 0 Å². The Labute approximate surface area is 172 Å². The first-order valence-corrected chi connectivity index (χ1v) is 11.4. The van der Waals surface area contributed by atoms with E-state index in [1.54, 1.807) is 27.9 Å². The molecule has 3 heteroatoms. The number of hydrogen-bond acceptors (Lipinski definition) is 0. The van der Waals surface area contributed by atoms with Gasteiger partial charge in [0.2, 0.25) is 0 Å². The summed E-state index contributed by atoms with van der Waals surface area (Å²) in [6.07, 6.45) is 9.62. The number of hydrogen-bond donors (Lipinski definition) is 0. The zero-order valence-electron chi connectivity index (χ0n) is 15.9. The molecule has 132 valence electrons. The first-order valence-electron chi connectivity index (χ1n) is 8.91. The normalized spacial score (nSPS) is 23.3. The summed E-state index contributed by atoms with van der Waals surface area (Å²) in [5.74, 6) is 0.897. The molecule has 0 aromatic rings. The Morgan fingerprint density at radius 2 is 1.54 bits per heavy atom. The van der Waals surface area contributed by atoms with Crippen LogP contribution >= 0.6 is 0 Å². The molecule has 0 N–H and O–H groups in total. The van der Waals surface area contributed by atoms with Crippen LogP contribution in [0.15, 0.2) is 40.5 Å². The van der Waals surface area contributed by atoms with Crippen molar-refractivity contribution in [3.63, 3.8) is 0 Å². The molecule has 0 radical (unpaired) electrons. The van der Waals surface area contributed by atoms with Crippen LogP contribution in [0.25, 0.3) is 0 Å². The molecule has 0 spiro atoms. The van der Waals surface area contributed by atoms with Crippen LogP contribution in [0.5, 0.6) is 0 Å². The molecular weight excluding hydrogens is 414 g/mol. The predicted octanol–water partition coefficient (Wildman–Crippen LogP) is 0.521. The Morgan fingerprint density at radius 3 is 2.04 bits per heavy atom. The van der Waals surface area contributed by atoms with Crippen LogP contribution in [-0.2, 0) is 23.2 Å². The van der Waals surface area contributed by atoms with Gasteiger partial charge in [-0.15, -0.1) is 0 Å². The molecule has 0 nitrogen and oxygen atoms in total. The quantitative estimate of drug-likeness (QED) is 0.596. The van der Waals surface area contributed by atoms with Gasteiger partial charge in [-0.3, -0.25) is 0 Å². The van der Waals surface area contributed by atoms with Gasteiger partial charge in [-0.2, -0.15) is 0 Å². The third-order valence-electron chi connectivity index (χ3n) is 6.45.